The average molecular weight is 228 g/mol. The third kappa shape index (κ3) is 4.00. The van der Waals surface area contributed by atoms with Gasteiger partial charge in [-0.3, -0.25) is 14.4 Å². The fourth-order valence-corrected chi connectivity index (χ4v) is 1.37. The molecule has 0 aromatic heterocycles. The van der Waals surface area contributed by atoms with Crippen molar-refractivity contribution in [2.45, 2.75) is 33.1 Å². The molecule has 1 heterocycles. The highest BCUT2D eigenvalue weighted by atomic mass is 16.6. The van der Waals surface area contributed by atoms with Crippen molar-refractivity contribution in [2.75, 3.05) is 6.61 Å². The number of hydrogen-bond donors (Lipinski definition) is 0. The molecule has 0 radical (unpaired) electrons. The number of esters is 3. The van der Waals surface area contributed by atoms with E-state index in [1.807, 2.05) is 13.8 Å². The van der Waals surface area contributed by atoms with Gasteiger partial charge in [0.15, 0.2) is 0 Å². The highest BCUT2D eigenvalue weighted by Gasteiger charge is 2.33. The Bertz CT molecular complexity index is 295. The summed E-state index contributed by atoms with van der Waals surface area (Å²) in [6.45, 7) is 4.27. The first-order chi connectivity index (χ1) is 7.49. The van der Waals surface area contributed by atoms with Crippen LogP contribution in [0.25, 0.3) is 0 Å². The smallest absolute Gasteiger partial charge is 0.317 e. The molecule has 0 aliphatic carbocycles. The highest BCUT2D eigenvalue weighted by Crippen LogP contribution is 2.21. The molecule has 0 N–H and O–H groups in total. The maximum Gasteiger partial charge on any atom is 0.317 e. The fourth-order valence-electron chi connectivity index (χ4n) is 1.37. The zero-order valence-electron chi connectivity index (χ0n) is 9.52. The van der Waals surface area contributed by atoms with E-state index < -0.39 is 17.9 Å². The Morgan fingerprint density at radius 3 is 2.69 bits per heavy atom. The lowest BCUT2D eigenvalue weighted by atomic mass is 10.0. The molecule has 1 fully saturated rings. The van der Waals surface area contributed by atoms with Gasteiger partial charge < -0.3 is 9.47 Å². The van der Waals surface area contributed by atoms with Crippen LogP contribution in [0.2, 0.25) is 0 Å². The SMILES string of the molecule is CC(C)COC(=O)CCC1CC(=O)OC1=O. The van der Waals surface area contributed by atoms with Gasteiger partial charge in [-0.15, -0.1) is 0 Å². The summed E-state index contributed by atoms with van der Waals surface area (Å²) >= 11 is 0. The third-order valence-electron chi connectivity index (χ3n) is 2.24. The maximum absolute atomic E-state index is 11.2. The highest BCUT2D eigenvalue weighted by molar-refractivity contribution is 5.94. The molecule has 5 heteroatoms. The first-order valence-electron chi connectivity index (χ1n) is 5.39. The minimum absolute atomic E-state index is 0.0797. The molecule has 1 unspecified atom stereocenters. The number of ether oxygens (including phenoxy) is 2. The van der Waals surface area contributed by atoms with E-state index in [-0.39, 0.29) is 18.8 Å². The molecule has 0 spiro atoms. The number of cyclic esters (lactones) is 2. The molecule has 0 bridgehead atoms. The van der Waals surface area contributed by atoms with Crippen molar-refractivity contribution >= 4 is 17.9 Å². The zero-order valence-corrected chi connectivity index (χ0v) is 9.52. The zero-order chi connectivity index (χ0) is 12.1. The van der Waals surface area contributed by atoms with Crippen molar-refractivity contribution in [3.8, 4) is 0 Å². The van der Waals surface area contributed by atoms with Crippen molar-refractivity contribution in [2.24, 2.45) is 11.8 Å². The normalized spacial score (nSPS) is 20.1. The summed E-state index contributed by atoms with van der Waals surface area (Å²) in [5, 5.41) is 0. The molecular formula is C11H16O5. The Balaban J connectivity index is 2.21. The van der Waals surface area contributed by atoms with Crippen LogP contribution in [0.5, 0.6) is 0 Å². The number of hydrogen-bond acceptors (Lipinski definition) is 5. The van der Waals surface area contributed by atoms with E-state index in [2.05, 4.69) is 4.74 Å². The van der Waals surface area contributed by atoms with E-state index >= 15 is 0 Å². The molecule has 90 valence electrons. The van der Waals surface area contributed by atoms with E-state index in [4.69, 9.17) is 4.74 Å². The number of rotatable bonds is 5. The Morgan fingerprint density at radius 1 is 1.50 bits per heavy atom. The Hall–Kier alpha value is -1.39. The van der Waals surface area contributed by atoms with Crippen LogP contribution in [0.1, 0.15) is 33.1 Å². The van der Waals surface area contributed by atoms with Crippen LogP contribution in [-0.4, -0.2) is 24.5 Å². The fraction of sp³-hybridized carbons (Fsp3) is 0.727. The summed E-state index contributed by atoms with van der Waals surface area (Å²) in [5.74, 6) is -1.55. The first kappa shape index (κ1) is 12.7. The van der Waals surface area contributed by atoms with Gasteiger partial charge in [0.05, 0.1) is 18.9 Å². The van der Waals surface area contributed by atoms with Crippen LogP contribution >= 0.6 is 0 Å². The Morgan fingerprint density at radius 2 is 2.19 bits per heavy atom. The quantitative estimate of drug-likeness (QED) is 0.519. The molecule has 16 heavy (non-hydrogen) atoms. The predicted octanol–water partition coefficient (Wildman–Crippen LogP) is 1.06. The minimum atomic E-state index is -0.526. The van der Waals surface area contributed by atoms with Crippen molar-refractivity contribution in [1.82, 2.24) is 0 Å². The number of carbonyl (C=O) groups is 3. The second-order valence-electron chi connectivity index (χ2n) is 4.31. The van der Waals surface area contributed by atoms with Crippen LogP contribution in [0, 0.1) is 11.8 Å². The third-order valence-corrected chi connectivity index (χ3v) is 2.24. The van der Waals surface area contributed by atoms with Crippen molar-refractivity contribution in [3.05, 3.63) is 0 Å². The maximum atomic E-state index is 11.2. The molecule has 1 rings (SSSR count). The molecular weight excluding hydrogens is 212 g/mol. The van der Waals surface area contributed by atoms with Gasteiger partial charge in [-0.25, -0.2) is 0 Å². The second-order valence-corrected chi connectivity index (χ2v) is 4.31. The summed E-state index contributed by atoms with van der Waals surface area (Å²) < 4.78 is 9.32. The van der Waals surface area contributed by atoms with Crippen LogP contribution in [-0.2, 0) is 23.9 Å². The lowest BCUT2D eigenvalue weighted by molar-refractivity contribution is -0.153. The molecule has 5 nitrogen and oxygen atoms in total. The van der Waals surface area contributed by atoms with Crippen molar-refractivity contribution < 1.29 is 23.9 Å². The van der Waals surface area contributed by atoms with Gasteiger partial charge in [-0.2, -0.15) is 0 Å². The van der Waals surface area contributed by atoms with Gasteiger partial charge >= 0.3 is 17.9 Å². The van der Waals surface area contributed by atoms with Gasteiger partial charge in [0.2, 0.25) is 0 Å². The summed E-state index contributed by atoms with van der Waals surface area (Å²) in [5.41, 5.74) is 0. The van der Waals surface area contributed by atoms with Gasteiger partial charge in [0.25, 0.3) is 0 Å². The molecule has 0 aromatic rings. The van der Waals surface area contributed by atoms with E-state index in [0.29, 0.717) is 18.9 Å². The van der Waals surface area contributed by atoms with Gasteiger partial charge in [-0.1, -0.05) is 13.8 Å². The molecule has 0 amide bonds. The molecule has 1 aliphatic rings. The van der Waals surface area contributed by atoms with Gasteiger partial charge in [0.1, 0.15) is 0 Å². The topological polar surface area (TPSA) is 69.7 Å². The molecule has 1 saturated heterocycles. The summed E-state index contributed by atoms with van der Waals surface area (Å²) in [6.07, 6.45) is 0.553. The summed E-state index contributed by atoms with van der Waals surface area (Å²) in [7, 11) is 0. The molecule has 1 atom stereocenters. The Labute approximate surface area is 94.1 Å². The lowest BCUT2D eigenvalue weighted by Gasteiger charge is -2.07. The van der Waals surface area contributed by atoms with E-state index in [1.165, 1.54) is 0 Å². The monoisotopic (exact) mass is 228 g/mol. The average Bonchev–Trinajstić information content (AvgIpc) is 2.51. The van der Waals surface area contributed by atoms with Crippen LogP contribution in [0.4, 0.5) is 0 Å². The largest absolute Gasteiger partial charge is 0.465 e. The van der Waals surface area contributed by atoms with Crippen molar-refractivity contribution in [1.29, 1.82) is 0 Å². The van der Waals surface area contributed by atoms with E-state index in [1.54, 1.807) is 0 Å². The van der Waals surface area contributed by atoms with Crippen LogP contribution in [0.15, 0.2) is 0 Å². The van der Waals surface area contributed by atoms with Crippen LogP contribution in [0.3, 0.4) is 0 Å². The predicted molar refractivity (Wildman–Crippen MR) is 54.2 cm³/mol. The summed E-state index contributed by atoms with van der Waals surface area (Å²) in [6, 6.07) is 0. The van der Waals surface area contributed by atoms with Crippen LogP contribution < -0.4 is 0 Å². The first-order valence-corrected chi connectivity index (χ1v) is 5.39. The lowest BCUT2D eigenvalue weighted by Crippen LogP contribution is -2.13. The minimum Gasteiger partial charge on any atom is -0.465 e. The van der Waals surface area contributed by atoms with E-state index in [0.717, 1.165) is 0 Å². The number of carbonyl (C=O) groups excluding carboxylic acids is 3. The molecule has 0 saturated carbocycles. The van der Waals surface area contributed by atoms with E-state index in [9.17, 15) is 14.4 Å². The van der Waals surface area contributed by atoms with Crippen molar-refractivity contribution in [3.63, 3.8) is 0 Å². The molecule has 0 aromatic carbocycles. The molecule has 1 aliphatic heterocycles. The standard InChI is InChI=1S/C11H16O5/c1-7(2)6-15-9(12)4-3-8-5-10(13)16-11(8)14/h7-8H,3-6H2,1-2H3. The van der Waals surface area contributed by atoms with Gasteiger partial charge in [0, 0.05) is 6.42 Å². The second kappa shape index (κ2) is 5.63. The Kier molecular flexibility index (Phi) is 4.46. The van der Waals surface area contributed by atoms with Gasteiger partial charge in [-0.05, 0) is 12.3 Å². The summed E-state index contributed by atoms with van der Waals surface area (Å²) in [4.78, 5) is 33.1.